The predicted molar refractivity (Wildman–Crippen MR) is 129 cm³/mol. The molecule has 0 spiro atoms. The maximum Gasteiger partial charge on any atom is 0.262 e. The number of imidazole rings is 2. The molecule has 1 aromatic carbocycles. The third-order valence-corrected chi connectivity index (χ3v) is 6.03. The fourth-order valence-corrected chi connectivity index (χ4v) is 4.36. The Morgan fingerprint density at radius 1 is 1.17 bits per heavy atom. The number of benzene rings is 1. The Labute approximate surface area is 198 Å². The summed E-state index contributed by atoms with van der Waals surface area (Å²) in [5, 5.41) is 4.19. The molecule has 0 saturated carbocycles. The normalized spacial score (nSPS) is 11.6. The molecular weight excluding hydrogens is 449 g/mol. The number of amides is 1. The van der Waals surface area contributed by atoms with Crippen LogP contribution in [0.1, 0.15) is 21.9 Å². The van der Waals surface area contributed by atoms with Crippen LogP contribution >= 0.6 is 0 Å². The molecule has 0 saturated heterocycles. The zero-order chi connectivity index (χ0) is 24.3. The van der Waals surface area contributed by atoms with E-state index in [1.54, 1.807) is 34.6 Å². The molecule has 2 N–H and O–H groups in total. The van der Waals surface area contributed by atoms with Gasteiger partial charge in [-0.2, -0.15) is 5.10 Å². The second-order valence-corrected chi connectivity index (χ2v) is 8.25. The van der Waals surface area contributed by atoms with Crippen molar-refractivity contribution < 1.29 is 9.18 Å². The lowest BCUT2D eigenvalue weighted by molar-refractivity contribution is 0.0979. The molecule has 174 valence electrons. The van der Waals surface area contributed by atoms with Crippen molar-refractivity contribution in [3.8, 4) is 0 Å². The maximum absolute atomic E-state index is 15.3. The highest BCUT2D eigenvalue weighted by molar-refractivity contribution is 6.07. The molecule has 0 aliphatic rings. The minimum absolute atomic E-state index is 0.108. The van der Waals surface area contributed by atoms with E-state index in [1.165, 1.54) is 17.0 Å². The Bertz CT molecular complexity index is 1730. The van der Waals surface area contributed by atoms with Crippen molar-refractivity contribution >= 4 is 39.7 Å². The van der Waals surface area contributed by atoms with E-state index < -0.39 is 11.7 Å². The highest BCUT2D eigenvalue weighted by Crippen LogP contribution is 2.27. The molecule has 0 bridgehead atoms. The zero-order valence-corrected chi connectivity index (χ0v) is 18.9. The van der Waals surface area contributed by atoms with Gasteiger partial charge in [-0.1, -0.05) is 6.07 Å². The van der Waals surface area contributed by atoms with Gasteiger partial charge in [-0.25, -0.2) is 19.3 Å². The molecule has 0 aliphatic carbocycles. The number of carbonyl (C=O) groups is 1. The molecule has 5 aromatic heterocycles. The molecule has 35 heavy (non-hydrogen) atoms. The van der Waals surface area contributed by atoms with Gasteiger partial charge < -0.3 is 10.1 Å². The van der Waals surface area contributed by atoms with Crippen LogP contribution in [0.4, 0.5) is 16.0 Å². The Kier molecular flexibility index (Phi) is 4.53. The van der Waals surface area contributed by atoms with Crippen LogP contribution < -0.4 is 10.6 Å². The second kappa shape index (κ2) is 7.62. The van der Waals surface area contributed by atoms with Gasteiger partial charge in [-0.05, 0) is 25.1 Å². The van der Waals surface area contributed by atoms with Crippen LogP contribution in [0.25, 0.3) is 22.2 Å². The van der Waals surface area contributed by atoms with Gasteiger partial charge in [-0.15, -0.1) is 0 Å². The number of nitrogen functional groups attached to an aromatic ring is 1. The quantitative estimate of drug-likeness (QED) is 0.425. The molecule has 1 amide bonds. The molecule has 0 aliphatic heterocycles. The third-order valence-electron chi connectivity index (χ3n) is 6.03. The summed E-state index contributed by atoms with van der Waals surface area (Å²) in [7, 11) is 1.72. The van der Waals surface area contributed by atoms with Gasteiger partial charge in [0.25, 0.3) is 5.91 Å². The summed E-state index contributed by atoms with van der Waals surface area (Å²) in [4.78, 5) is 28.5. The van der Waals surface area contributed by atoms with Gasteiger partial charge in [0, 0.05) is 31.6 Å². The van der Waals surface area contributed by atoms with Gasteiger partial charge in [0.15, 0.2) is 0 Å². The average molecular weight is 469 g/mol. The number of rotatable bonds is 4. The molecule has 11 heteroatoms. The zero-order valence-electron chi connectivity index (χ0n) is 18.9. The van der Waals surface area contributed by atoms with E-state index in [0.717, 1.165) is 5.65 Å². The number of nitrogens with two attached hydrogens (primary N) is 1. The first-order valence-electron chi connectivity index (χ1n) is 10.9. The first-order chi connectivity index (χ1) is 16.9. The standard InChI is InChI=1S/C24H20FN9O/c1-14-27-11-20-23(26)30-18-10-17(25)16(9-19(18)34(14)20)24(35)33(22-6-7-28-31(22)2)13-15-12-32-8-4-3-5-21(32)29-15/h3-12H,13H2,1-2H3,(H2,26,30). The number of hydrogen-bond acceptors (Lipinski definition) is 6. The largest absolute Gasteiger partial charge is 0.382 e. The number of fused-ring (bicyclic) bond motifs is 4. The van der Waals surface area contributed by atoms with Crippen LogP contribution in [-0.4, -0.2) is 39.4 Å². The van der Waals surface area contributed by atoms with Crippen molar-refractivity contribution in [2.75, 3.05) is 10.6 Å². The third kappa shape index (κ3) is 3.28. The lowest BCUT2D eigenvalue weighted by Gasteiger charge is -2.22. The van der Waals surface area contributed by atoms with Crippen molar-refractivity contribution in [3.63, 3.8) is 0 Å². The fourth-order valence-electron chi connectivity index (χ4n) is 4.36. The van der Waals surface area contributed by atoms with Crippen molar-refractivity contribution in [3.05, 3.63) is 84.1 Å². The Balaban J connectivity index is 1.50. The van der Waals surface area contributed by atoms with Gasteiger partial charge >= 0.3 is 0 Å². The molecule has 6 rings (SSSR count). The summed E-state index contributed by atoms with van der Waals surface area (Å²) >= 11 is 0. The number of halogens is 1. The Morgan fingerprint density at radius 2 is 2.03 bits per heavy atom. The van der Waals surface area contributed by atoms with Crippen molar-refractivity contribution in [2.45, 2.75) is 13.5 Å². The van der Waals surface area contributed by atoms with Gasteiger partial charge in [0.05, 0.1) is 41.2 Å². The number of aryl methyl sites for hydroxylation is 2. The topological polar surface area (TPSA) is 112 Å². The molecule has 0 atom stereocenters. The monoisotopic (exact) mass is 469 g/mol. The van der Waals surface area contributed by atoms with Crippen LogP contribution in [0.3, 0.4) is 0 Å². The van der Waals surface area contributed by atoms with Crippen LogP contribution in [0.5, 0.6) is 0 Å². The van der Waals surface area contributed by atoms with Gasteiger partial charge in [0.1, 0.15) is 34.4 Å². The number of carbonyl (C=O) groups excluding carboxylic acids is 1. The number of pyridine rings is 1. The van der Waals surface area contributed by atoms with E-state index in [9.17, 15) is 4.79 Å². The Hall–Kier alpha value is -4.80. The summed E-state index contributed by atoms with van der Waals surface area (Å²) < 4.78 is 20.5. The summed E-state index contributed by atoms with van der Waals surface area (Å²) in [6, 6.07) is 10.1. The first kappa shape index (κ1) is 20.8. The van der Waals surface area contributed by atoms with E-state index in [0.29, 0.717) is 33.9 Å². The van der Waals surface area contributed by atoms with Crippen molar-refractivity contribution in [1.82, 2.24) is 33.5 Å². The van der Waals surface area contributed by atoms with Gasteiger partial charge in [-0.3, -0.25) is 18.8 Å². The van der Waals surface area contributed by atoms with Crippen molar-refractivity contribution in [1.29, 1.82) is 0 Å². The summed E-state index contributed by atoms with van der Waals surface area (Å²) in [5.41, 5.74) is 8.79. The van der Waals surface area contributed by atoms with Crippen LogP contribution in [0.15, 0.2) is 61.2 Å². The van der Waals surface area contributed by atoms with Crippen LogP contribution in [0.2, 0.25) is 0 Å². The lowest BCUT2D eigenvalue weighted by atomic mass is 10.1. The average Bonchev–Trinajstić information content (AvgIpc) is 3.55. The molecule has 0 fully saturated rings. The minimum atomic E-state index is -0.700. The van der Waals surface area contributed by atoms with Crippen molar-refractivity contribution in [2.24, 2.45) is 7.05 Å². The number of hydrogen-bond donors (Lipinski definition) is 1. The highest BCUT2D eigenvalue weighted by Gasteiger charge is 2.26. The molecular formula is C24H20FN9O. The van der Waals surface area contributed by atoms with E-state index >= 15 is 4.39 Å². The van der Waals surface area contributed by atoms with E-state index in [2.05, 4.69) is 20.1 Å². The fraction of sp³-hybridized carbons (Fsp3) is 0.125. The van der Waals surface area contributed by atoms with Gasteiger partial charge in [0.2, 0.25) is 0 Å². The molecule has 0 unspecified atom stereocenters. The minimum Gasteiger partial charge on any atom is -0.382 e. The first-order valence-corrected chi connectivity index (χ1v) is 10.9. The highest BCUT2D eigenvalue weighted by atomic mass is 19.1. The predicted octanol–water partition coefficient (Wildman–Crippen LogP) is 3.14. The molecule has 5 heterocycles. The SMILES string of the molecule is Cc1ncc2c(N)nc3cc(F)c(C(=O)N(Cc4cn5ccccc5n4)c4ccnn4C)cc3n12. The Morgan fingerprint density at radius 3 is 2.80 bits per heavy atom. The smallest absolute Gasteiger partial charge is 0.262 e. The van der Waals surface area contributed by atoms with E-state index in [4.69, 9.17) is 5.73 Å². The second-order valence-electron chi connectivity index (χ2n) is 8.25. The summed E-state index contributed by atoms with van der Waals surface area (Å²) in [5.74, 6) is 0.157. The van der Waals surface area contributed by atoms with E-state index in [1.807, 2.05) is 41.9 Å². The summed E-state index contributed by atoms with van der Waals surface area (Å²) in [6.45, 7) is 1.93. The maximum atomic E-state index is 15.3. The summed E-state index contributed by atoms with van der Waals surface area (Å²) in [6.07, 6.45) is 6.91. The van der Waals surface area contributed by atoms with Crippen LogP contribution in [-0.2, 0) is 13.6 Å². The number of anilines is 2. The molecule has 10 nitrogen and oxygen atoms in total. The number of aromatic nitrogens is 7. The molecule has 0 radical (unpaired) electrons. The number of nitrogens with zero attached hydrogens (tertiary/aromatic N) is 8. The van der Waals surface area contributed by atoms with Crippen LogP contribution in [0, 0.1) is 12.7 Å². The lowest BCUT2D eigenvalue weighted by Crippen LogP contribution is -2.33. The molecule has 6 aromatic rings. The van der Waals surface area contributed by atoms with E-state index in [-0.39, 0.29) is 17.9 Å².